The Morgan fingerprint density at radius 2 is 1.48 bits per heavy atom. The summed E-state index contributed by atoms with van der Waals surface area (Å²) in [6.45, 7) is 3.89. The molecule has 0 saturated heterocycles. The molecule has 1 fully saturated rings. The molecule has 2 N–H and O–H groups in total. The van der Waals surface area contributed by atoms with Gasteiger partial charge in [-0.25, -0.2) is 0 Å². The zero-order chi connectivity index (χ0) is 15.8. The first-order valence-corrected chi connectivity index (χ1v) is 7.62. The molecule has 1 rings (SSSR count). The van der Waals surface area contributed by atoms with Gasteiger partial charge in [-0.3, -0.25) is 14.4 Å². The van der Waals surface area contributed by atoms with Crippen LogP contribution in [-0.4, -0.2) is 31.1 Å². The van der Waals surface area contributed by atoms with Gasteiger partial charge in [0.15, 0.2) is 5.92 Å². The molecule has 1 amide bonds. The monoisotopic (exact) mass is 299 g/mol. The summed E-state index contributed by atoms with van der Waals surface area (Å²) in [6, 6.07) is 0. The second-order valence-electron chi connectivity index (χ2n) is 5.41. The molecule has 0 aromatic rings. The highest BCUT2D eigenvalue weighted by Gasteiger charge is 2.34. The van der Waals surface area contributed by atoms with E-state index in [0.29, 0.717) is 6.42 Å². The fourth-order valence-corrected chi connectivity index (χ4v) is 2.79. The number of rotatable bonds is 7. The highest BCUT2D eigenvalue weighted by atomic mass is 16.6. The number of primary amides is 1. The van der Waals surface area contributed by atoms with Gasteiger partial charge in [0.25, 0.3) is 0 Å². The average molecular weight is 299 g/mol. The largest absolute Gasteiger partial charge is 0.465 e. The van der Waals surface area contributed by atoms with Gasteiger partial charge in [-0.15, -0.1) is 0 Å². The van der Waals surface area contributed by atoms with Gasteiger partial charge < -0.3 is 15.2 Å². The van der Waals surface area contributed by atoms with E-state index in [4.69, 9.17) is 15.2 Å². The molecule has 1 aliphatic carbocycles. The highest BCUT2D eigenvalue weighted by Crippen LogP contribution is 2.33. The topological polar surface area (TPSA) is 95.7 Å². The summed E-state index contributed by atoms with van der Waals surface area (Å²) in [5.41, 5.74) is 5.30. The van der Waals surface area contributed by atoms with Crippen molar-refractivity contribution in [1.82, 2.24) is 0 Å². The van der Waals surface area contributed by atoms with Crippen LogP contribution >= 0.6 is 0 Å². The lowest BCUT2D eigenvalue weighted by Crippen LogP contribution is -2.33. The Bertz CT molecular complexity index is 356. The smallest absolute Gasteiger partial charge is 0.320 e. The highest BCUT2D eigenvalue weighted by molar-refractivity contribution is 5.94. The second-order valence-corrected chi connectivity index (χ2v) is 5.41. The van der Waals surface area contributed by atoms with Crippen LogP contribution < -0.4 is 5.73 Å². The summed E-state index contributed by atoms with van der Waals surface area (Å²) in [4.78, 5) is 35.0. The predicted molar refractivity (Wildman–Crippen MR) is 76.0 cm³/mol. The molecule has 0 bridgehead atoms. The number of ether oxygens (including phenoxy) is 2. The van der Waals surface area contributed by atoms with Crippen molar-refractivity contribution < 1.29 is 23.9 Å². The Hall–Kier alpha value is -1.59. The fraction of sp³-hybridized carbons (Fsp3) is 0.800. The molecule has 6 heteroatoms. The van der Waals surface area contributed by atoms with E-state index < -0.39 is 17.9 Å². The minimum absolute atomic E-state index is 0.0788. The molecular weight excluding hydrogens is 274 g/mol. The van der Waals surface area contributed by atoms with Crippen molar-refractivity contribution in [2.75, 3.05) is 13.2 Å². The van der Waals surface area contributed by atoms with Gasteiger partial charge >= 0.3 is 11.9 Å². The van der Waals surface area contributed by atoms with Crippen LogP contribution in [0, 0.1) is 17.8 Å². The van der Waals surface area contributed by atoms with E-state index >= 15 is 0 Å². The molecule has 6 nitrogen and oxygen atoms in total. The molecule has 0 aliphatic heterocycles. The van der Waals surface area contributed by atoms with E-state index in [2.05, 4.69) is 0 Å². The van der Waals surface area contributed by atoms with Crippen LogP contribution in [0.15, 0.2) is 0 Å². The molecule has 0 unspecified atom stereocenters. The lowest BCUT2D eigenvalue weighted by molar-refractivity contribution is -0.162. The summed E-state index contributed by atoms with van der Waals surface area (Å²) in [5, 5.41) is 0. The molecule has 0 aromatic heterocycles. The van der Waals surface area contributed by atoms with E-state index in [0.717, 1.165) is 25.7 Å². The van der Waals surface area contributed by atoms with Gasteiger partial charge in [-0.1, -0.05) is 0 Å². The van der Waals surface area contributed by atoms with Crippen LogP contribution in [0.3, 0.4) is 0 Å². The van der Waals surface area contributed by atoms with Crippen LogP contribution in [0.25, 0.3) is 0 Å². The quantitative estimate of drug-likeness (QED) is 0.566. The number of carbonyl (C=O) groups excluding carboxylic acids is 3. The molecule has 1 saturated carbocycles. The summed E-state index contributed by atoms with van der Waals surface area (Å²) in [7, 11) is 0. The number of carbonyl (C=O) groups is 3. The minimum Gasteiger partial charge on any atom is -0.465 e. The van der Waals surface area contributed by atoms with Crippen molar-refractivity contribution in [3.63, 3.8) is 0 Å². The summed E-state index contributed by atoms with van der Waals surface area (Å²) in [6.07, 6.45) is 3.45. The number of hydrogen-bond acceptors (Lipinski definition) is 5. The van der Waals surface area contributed by atoms with Crippen molar-refractivity contribution in [2.45, 2.75) is 46.0 Å². The summed E-state index contributed by atoms with van der Waals surface area (Å²) < 4.78 is 9.92. The lowest BCUT2D eigenvalue weighted by Gasteiger charge is -2.28. The van der Waals surface area contributed by atoms with Crippen molar-refractivity contribution in [2.24, 2.45) is 23.5 Å². The Kier molecular flexibility index (Phi) is 7.19. The number of hydrogen-bond donors (Lipinski definition) is 1. The van der Waals surface area contributed by atoms with Crippen LogP contribution in [0.4, 0.5) is 0 Å². The van der Waals surface area contributed by atoms with Crippen molar-refractivity contribution in [3.8, 4) is 0 Å². The third-order valence-electron chi connectivity index (χ3n) is 3.96. The normalized spacial score (nSPS) is 21.9. The second kappa shape index (κ2) is 8.64. The van der Waals surface area contributed by atoms with E-state index in [1.54, 1.807) is 13.8 Å². The van der Waals surface area contributed by atoms with Gasteiger partial charge in [0, 0.05) is 5.92 Å². The van der Waals surface area contributed by atoms with Crippen molar-refractivity contribution in [1.29, 1.82) is 0 Å². The Morgan fingerprint density at radius 1 is 1.00 bits per heavy atom. The Morgan fingerprint density at radius 3 is 1.86 bits per heavy atom. The van der Waals surface area contributed by atoms with Crippen LogP contribution in [0.2, 0.25) is 0 Å². The number of esters is 2. The minimum atomic E-state index is -0.861. The predicted octanol–water partition coefficient (Wildman–Crippen LogP) is 1.41. The van der Waals surface area contributed by atoms with E-state index in [1.807, 2.05) is 0 Å². The van der Waals surface area contributed by atoms with E-state index in [1.165, 1.54) is 0 Å². The van der Waals surface area contributed by atoms with Gasteiger partial charge in [-0.2, -0.15) is 0 Å². The van der Waals surface area contributed by atoms with Gasteiger partial charge in [0.2, 0.25) is 5.91 Å². The van der Waals surface area contributed by atoms with Crippen molar-refractivity contribution >= 4 is 17.8 Å². The average Bonchev–Trinajstić information content (AvgIpc) is 2.45. The lowest BCUT2D eigenvalue weighted by atomic mass is 9.78. The first-order chi connectivity index (χ1) is 9.99. The number of nitrogens with two attached hydrogens (primary N) is 1. The molecule has 0 spiro atoms. The molecule has 0 atom stereocenters. The first-order valence-electron chi connectivity index (χ1n) is 7.62. The zero-order valence-corrected chi connectivity index (χ0v) is 12.8. The molecule has 0 aromatic carbocycles. The maximum absolute atomic E-state index is 11.9. The summed E-state index contributed by atoms with van der Waals surface area (Å²) in [5.74, 6) is -2.02. The molecule has 1 aliphatic rings. The van der Waals surface area contributed by atoms with Crippen molar-refractivity contribution in [3.05, 3.63) is 0 Å². The molecule has 120 valence electrons. The third kappa shape index (κ3) is 5.36. The molecule has 0 heterocycles. The molecule has 0 radical (unpaired) electrons. The Labute approximate surface area is 125 Å². The third-order valence-corrected chi connectivity index (χ3v) is 3.96. The van der Waals surface area contributed by atoms with Gasteiger partial charge in [-0.05, 0) is 51.9 Å². The van der Waals surface area contributed by atoms with Gasteiger partial charge in [0.05, 0.1) is 13.2 Å². The van der Waals surface area contributed by atoms with E-state index in [-0.39, 0.29) is 31.0 Å². The first kappa shape index (κ1) is 17.5. The van der Waals surface area contributed by atoms with Crippen LogP contribution in [0.5, 0.6) is 0 Å². The fourth-order valence-electron chi connectivity index (χ4n) is 2.79. The zero-order valence-electron chi connectivity index (χ0n) is 12.8. The SMILES string of the molecule is CCOC(=O)C(CC1CCC(C(N)=O)CC1)C(=O)OCC. The number of amides is 1. The van der Waals surface area contributed by atoms with Gasteiger partial charge in [0.1, 0.15) is 0 Å². The van der Waals surface area contributed by atoms with E-state index in [9.17, 15) is 14.4 Å². The van der Waals surface area contributed by atoms with Crippen LogP contribution in [-0.2, 0) is 23.9 Å². The maximum atomic E-state index is 11.9. The summed E-state index contributed by atoms with van der Waals surface area (Å²) >= 11 is 0. The maximum Gasteiger partial charge on any atom is 0.320 e. The molecular formula is C15H25NO5. The molecule has 21 heavy (non-hydrogen) atoms. The Balaban J connectivity index is 2.59. The van der Waals surface area contributed by atoms with Crippen LogP contribution in [0.1, 0.15) is 46.0 Å². The standard InChI is InChI=1S/C15H25NO5/c1-3-20-14(18)12(15(19)21-4-2)9-10-5-7-11(8-6-10)13(16)17/h10-12H,3-9H2,1-2H3,(H2,16,17).